The number of aliphatic hydroxyl groups is 1. The van der Waals surface area contributed by atoms with Crippen LogP contribution in [0.3, 0.4) is 0 Å². The van der Waals surface area contributed by atoms with Crippen LogP contribution in [-0.2, 0) is 0 Å². The summed E-state index contributed by atoms with van der Waals surface area (Å²) in [5.41, 5.74) is 4.15. The molecule has 1 N–H and O–H groups in total. The van der Waals surface area contributed by atoms with Gasteiger partial charge in [-0.05, 0) is 31.5 Å². The van der Waals surface area contributed by atoms with Crippen molar-refractivity contribution in [3.8, 4) is 17.9 Å². The van der Waals surface area contributed by atoms with Crippen LogP contribution < -0.4 is 4.74 Å². The Labute approximate surface area is 142 Å². The lowest BCUT2D eigenvalue weighted by molar-refractivity contribution is 0.233. The SMILES string of the molecule is CC1=CC(=C(C#N)C#N)C=C(C)C1c1ccc(OCCCO)cc1. The van der Waals surface area contributed by atoms with Crippen LogP contribution in [0.5, 0.6) is 5.75 Å². The van der Waals surface area contributed by atoms with Crippen molar-refractivity contribution in [3.05, 3.63) is 64.3 Å². The van der Waals surface area contributed by atoms with Crippen LogP contribution in [0.1, 0.15) is 31.7 Å². The second-order valence-corrected chi connectivity index (χ2v) is 5.76. The van der Waals surface area contributed by atoms with Crippen LogP contribution >= 0.6 is 0 Å². The molecule has 1 aliphatic rings. The van der Waals surface area contributed by atoms with Gasteiger partial charge in [-0.15, -0.1) is 0 Å². The van der Waals surface area contributed by atoms with Crippen molar-refractivity contribution in [2.75, 3.05) is 13.2 Å². The first-order chi connectivity index (χ1) is 11.6. The molecule has 0 amide bonds. The van der Waals surface area contributed by atoms with Gasteiger partial charge in [0.05, 0.1) is 6.61 Å². The zero-order chi connectivity index (χ0) is 17.5. The lowest BCUT2D eigenvalue weighted by atomic mass is 9.80. The summed E-state index contributed by atoms with van der Waals surface area (Å²) >= 11 is 0. The molecule has 0 atom stereocenters. The van der Waals surface area contributed by atoms with Crippen molar-refractivity contribution in [2.45, 2.75) is 26.2 Å². The molecule has 1 aromatic rings. The molecule has 1 aromatic carbocycles. The average Bonchev–Trinajstić information content (AvgIpc) is 2.57. The Morgan fingerprint density at radius 2 is 1.67 bits per heavy atom. The molecule has 4 nitrogen and oxygen atoms in total. The van der Waals surface area contributed by atoms with Crippen molar-refractivity contribution in [3.63, 3.8) is 0 Å². The third-order valence-electron chi connectivity index (χ3n) is 3.97. The van der Waals surface area contributed by atoms with Gasteiger partial charge in [-0.2, -0.15) is 10.5 Å². The number of allylic oxidation sites excluding steroid dienone is 6. The standard InChI is InChI=1S/C20H20N2O2/c1-14-10-17(18(12-21)13-22)11-15(2)20(14)16-4-6-19(7-5-16)24-9-3-8-23/h4-7,10-11,20,23H,3,8-9H2,1-2H3. The first kappa shape index (κ1) is 17.5. The van der Waals surface area contributed by atoms with E-state index < -0.39 is 0 Å². The van der Waals surface area contributed by atoms with Crippen molar-refractivity contribution < 1.29 is 9.84 Å². The lowest BCUT2D eigenvalue weighted by Gasteiger charge is -2.24. The predicted octanol–water partition coefficient (Wildman–Crippen LogP) is 3.78. The van der Waals surface area contributed by atoms with Gasteiger partial charge in [0.15, 0.2) is 0 Å². The van der Waals surface area contributed by atoms with E-state index in [2.05, 4.69) is 0 Å². The summed E-state index contributed by atoms with van der Waals surface area (Å²) < 4.78 is 5.55. The fraction of sp³-hybridized carbons (Fsp3) is 0.300. The number of ether oxygens (including phenoxy) is 1. The van der Waals surface area contributed by atoms with Crippen LogP contribution in [0.15, 0.2) is 58.7 Å². The maximum Gasteiger partial charge on any atom is 0.136 e. The molecule has 0 heterocycles. The number of benzene rings is 1. The monoisotopic (exact) mass is 320 g/mol. The Kier molecular flexibility index (Phi) is 5.95. The fourth-order valence-electron chi connectivity index (χ4n) is 2.89. The van der Waals surface area contributed by atoms with Gasteiger partial charge in [-0.25, -0.2) is 0 Å². The van der Waals surface area contributed by atoms with E-state index in [-0.39, 0.29) is 18.1 Å². The molecule has 4 heteroatoms. The first-order valence-electron chi connectivity index (χ1n) is 7.85. The van der Waals surface area contributed by atoms with Gasteiger partial charge in [0.25, 0.3) is 0 Å². The summed E-state index contributed by atoms with van der Waals surface area (Å²) in [4.78, 5) is 0. The van der Waals surface area contributed by atoms with Crippen molar-refractivity contribution >= 4 is 0 Å². The second kappa shape index (κ2) is 8.15. The molecular weight excluding hydrogens is 300 g/mol. The van der Waals surface area contributed by atoms with E-state index in [0.29, 0.717) is 18.6 Å². The van der Waals surface area contributed by atoms with Crippen LogP contribution in [0.2, 0.25) is 0 Å². The molecule has 0 bridgehead atoms. The topological polar surface area (TPSA) is 77.0 Å². The number of nitrogens with zero attached hydrogens (tertiary/aromatic N) is 2. The Bertz CT molecular complexity index is 733. The number of hydrogen-bond acceptors (Lipinski definition) is 4. The maximum absolute atomic E-state index is 9.03. The van der Waals surface area contributed by atoms with E-state index >= 15 is 0 Å². The normalized spacial score (nSPS) is 16.5. The van der Waals surface area contributed by atoms with Gasteiger partial charge in [0.1, 0.15) is 23.5 Å². The number of hydrogen-bond donors (Lipinski definition) is 1. The molecule has 0 spiro atoms. The first-order valence-corrected chi connectivity index (χ1v) is 7.85. The van der Waals surface area contributed by atoms with Crippen molar-refractivity contribution in [1.82, 2.24) is 0 Å². The molecule has 2 rings (SSSR count). The minimum absolute atomic E-state index is 0.122. The Hall–Kier alpha value is -2.82. The van der Waals surface area contributed by atoms with Crippen LogP contribution in [-0.4, -0.2) is 18.3 Å². The average molecular weight is 320 g/mol. The van der Waals surface area contributed by atoms with Gasteiger partial charge in [-0.1, -0.05) is 35.4 Å². The molecular formula is C20H20N2O2. The quantitative estimate of drug-likeness (QED) is 0.661. The number of nitriles is 2. The van der Waals surface area contributed by atoms with E-state index in [1.807, 2.05) is 62.4 Å². The van der Waals surface area contributed by atoms with Crippen LogP contribution in [0.4, 0.5) is 0 Å². The zero-order valence-electron chi connectivity index (χ0n) is 13.9. The Morgan fingerprint density at radius 1 is 1.08 bits per heavy atom. The third kappa shape index (κ3) is 3.93. The molecule has 0 unspecified atom stereocenters. The van der Waals surface area contributed by atoms with Crippen LogP contribution in [0, 0.1) is 22.7 Å². The summed E-state index contributed by atoms with van der Waals surface area (Å²) in [5.74, 6) is 0.919. The molecule has 24 heavy (non-hydrogen) atoms. The molecule has 0 fully saturated rings. The van der Waals surface area contributed by atoms with E-state index in [9.17, 15) is 0 Å². The summed E-state index contributed by atoms with van der Waals surface area (Å²) in [7, 11) is 0. The van der Waals surface area contributed by atoms with E-state index in [4.69, 9.17) is 20.4 Å². The zero-order valence-corrected chi connectivity index (χ0v) is 13.9. The summed E-state index contributed by atoms with van der Waals surface area (Å²) in [6.07, 6.45) is 4.43. The summed E-state index contributed by atoms with van der Waals surface area (Å²) in [6.45, 7) is 4.64. The predicted molar refractivity (Wildman–Crippen MR) is 92.1 cm³/mol. The molecule has 0 saturated heterocycles. The number of aliphatic hydroxyl groups excluding tert-OH is 1. The molecule has 0 aromatic heterocycles. The van der Waals surface area contributed by atoms with Gasteiger partial charge < -0.3 is 9.84 Å². The van der Waals surface area contributed by atoms with Gasteiger partial charge in [0, 0.05) is 24.5 Å². The minimum atomic E-state index is 0.122. The molecule has 122 valence electrons. The second-order valence-electron chi connectivity index (χ2n) is 5.76. The largest absolute Gasteiger partial charge is 0.494 e. The van der Waals surface area contributed by atoms with Crippen LogP contribution in [0.25, 0.3) is 0 Å². The highest BCUT2D eigenvalue weighted by Crippen LogP contribution is 2.37. The van der Waals surface area contributed by atoms with Gasteiger partial charge in [0.2, 0.25) is 0 Å². The number of rotatable bonds is 5. The van der Waals surface area contributed by atoms with E-state index in [1.165, 1.54) is 0 Å². The molecule has 0 radical (unpaired) electrons. The smallest absolute Gasteiger partial charge is 0.136 e. The highest BCUT2D eigenvalue weighted by atomic mass is 16.5. The van der Waals surface area contributed by atoms with E-state index in [1.54, 1.807) is 0 Å². The maximum atomic E-state index is 9.03. The minimum Gasteiger partial charge on any atom is -0.494 e. The van der Waals surface area contributed by atoms with Gasteiger partial charge >= 0.3 is 0 Å². The summed E-state index contributed by atoms with van der Waals surface area (Å²) in [6, 6.07) is 11.8. The summed E-state index contributed by atoms with van der Waals surface area (Å²) in [5, 5.41) is 26.8. The van der Waals surface area contributed by atoms with Crippen molar-refractivity contribution in [1.29, 1.82) is 10.5 Å². The highest BCUT2D eigenvalue weighted by molar-refractivity contribution is 5.57. The van der Waals surface area contributed by atoms with E-state index in [0.717, 1.165) is 22.5 Å². The van der Waals surface area contributed by atoms with Crippen molar-refractivity contribution in [2.24, 2.45) is 0 Å². The molecule has 1 aliphatic carbocycles. The highest BCUT2D eigenvalue weighted by Gasteiger charge is 2.21. The molecule has 0 aliphatic heterocycles. The Balaban J connectivity index is 2.23. The van der Waals surface area contributed by atoms with Gasteiger partial charge in [-0.3, -0.25) is 0 Å². The Morgan fingerprint density at radius 3 is 2.17 bits per heavy atom. The fourth-order valence-corrected chi connectivity index (χ4v) is 2.89. The lowest BCUT2D eigenvalue weighted by Crippen LogP contribution is -2.07. The molecule has 0 saturated carbocycles. The third-order valence-corrected chi connectivity index (χ3v) is 3.97.